The molecule has 2 heterocycles. The van der Waals surface area contributed by atoms with Crippen LogP contribution < -0.4 is 5.32 Å². The molecule has 0 bridgehead atoms. The van der Waals surface area contributed by atoms with Gasteiger partial charge >= 0.3 is 0 Å². The molecule has 3 aromatic rings. The lowest BCUT2D eigenvalue weighted by atomic mass is 9.96. The highest BCUT2D eigenvalue weighted by molar-refractivity contribution is 7.89. The average Bonchev–Trinajstić information content (AvgIpc) is 3.37. The molecule has 2 aromatic carbocycles. The second-order valence-electron chi connectivity index (χ2n) is 7.65. The van der Waals surface area contributed by atoms with Crippen molar-refractivity contribution in [3.05, 3.63) is 88.1 Å². The molecule has 164 valence electrons. The van der Waals surface area contributed by atoms with Gasteiger partial charge in [0.15, 0.2) is 0 Å². The summed E-state index contributed by atoms with van der Waals surface area (Å²) >= 11 is 1.59. The van der Waals surface area contributed by atoms with E-state index in [1.54, 1.807) is 23.5 Å². The maximum atomic E-state index is 13.1. The third-order valence-corrected chi connectivity index (χ3v) is 8.59. The molecule has 32 heavy (non-hydrogen) atoms. The summed E-state index contributed by atoms with van der Waals surface area (Å²) in [7, 11) is -3.77. The Labute approximate surface area is 192 Å². The number of carbonyl (C=O) groups is 1. The number of nitrogens with one attached hydrogen (secondary N) is 1. The van der Waals surface area contributed by atoms with E-state index in [1.165, 1.54) is 16.4 Å². The highest BCUT2D eigenvalue weighted by atomic mass is 32.2. The molecule has 1 aromatic heterocycles. The standard InChI is InChI=1S/C24H23N3O3S2/c25-17-20-9-4-5-11-22(20)32(29,30)27-14-12-19(13-15-27)24(28)26-23(21-10-6-16-31-21)18-7-2-1-3-8-18/h1-11,16,19,23H,12-15H2,(H,26,28)/t23-/m0/s1. The molecule has 1 fully saturated rings. The summed E-state index contributed by atoms with van der Waals surface area (Å²) in [5, 5.41) is 14.4. The van der Waals surface area contributed by atoms with Crippen LogP contribution in [0.1, 0.15) is 34.9 Å². The van der Waals surface area contributed by atoms with Crippen molar-refractivity contribution >= 4 is 27.3 Å². The van der Waals surface area contributed by atoms with E-state index in [0.717, 1.165) is 10.4 Å². The number of nitrogens with zero attached hydrogens (tertiary/aromatic N) is 2. The van der Waals surface area contributed by atoms with E-state index in [1.807, 2.05) is 53.9 Å². The van der Waals surface area contributed by atoms with Crippen molar-refractivity contribution in [2.45, 2.75) is 23.8 Å². The normalized spacial score (nSPS) is 16.2. The smallest absolute Gasteiger partial charge is 0.244 e. The molecule has 1 saturated heterocycles. The largest absolute Gasteiger partial charge is 0.344 e. The first-order valence-corrected chi connectivity index (χ1v) is 12.7. The van der Waals surface area contributed by atoms with Gasteiger partial charge in [-0.3, -0.25) is 4.79 Å². The minimum atomic E-state index is -3.77. The van der Waals surface area contributed by atoms with Gasteiger partial charge in [0.25, 0.3) is 0 Å². The van der Waals surface area contributed by atoms with Crippen molar-refractivity contribution in [3.8, 4) is 6.07 Å². The van der Waals surface area contributed by atoms with Crippen molar-refractivity contribution in [3.63, 3.8) is 0 Å². The number of nitriles is 1. The van der Waals surface area contributed by atoms with Crippen LogP contribution in [0.25, 0.3) is 0 Å². The monoisotopic (exact) mass is 465 g/mol. The van der Waals surface area contributed by atoms with E-state index < -0.39 is 10.0 Å². The fraction of sp³-hybridized carbons (Fsp3) is 0.250. The van der Waals surface area contributed by atoms with Gasteiger partial charge in [0.05, 0.1) is 16.5 Å². The fourth-order valence-electron chi connectivity index (χ4n) is 3.96. The maximum Gasteiger partial charge on any atom is 0.244 e. The predicted octanol–water partition coefficient (Wildman–Crippen LogP) is 3.93. The maximum absolute atomic E-state index is 13.1. The molecule has 1 atom stereocenters. The van der Waals surface area contributed by atoms with Gasteiger partial charge in [-0.25, -0.2) is 8.42 Å². The third-order valence-electron chi connectivity index (χ3n) is 5.70. The SMILES string of the molecule is N#Cc1ccccc1S(=O)(=O)N1CCC(C(=O)N[C@@H](c2ccccc2)c2cccs2)CC1. The quantitative estimate of drug-likeness (QED) is 0.597. The number of hydrogen-bond acceptors (Lipinski definition) is 5. The van der Waals surface area contributed by atoms with Gasteiger partial charge < -0.3 is 5.32 Å². The summed E-state index contributed by atoms with van der Waals surface area (Å²) < 4.78 is 27.5. The molecule has 0 radical (unpaired) electrons. The Kier molecular flexibility index (Phi) is 6.70. The highest BCUT2D eigenvalue weighted by Crippen LogP contribution is 2.29. The number of amides is 1. The third kappa shape index (κ3) is 4.60. The van der Waals surface area contributed by atoms with E-state index in [-0.39, 0.29) is 41.4 Å². The zero-order valence-corrected chi connectivity index (χ0v) is 19.0. The lowest BCUT2D eigenvalue weighted by molar-refractivity contribution is -0.126. The second-order valence-corrected chi connectivity index (χ2v) is 10.5. The lowest BCUT2D eigenvalue weighted by Crippen LogP contribution is -2.43. The van der Waals surface area contributed by atoms with E-state index in [0.29, 0.717) is 12.8 Å². The van der Waals surface area contributed by atoms with Crippen LogP contribution in [-0.4, -0.2) is 31.7 Å². The Bertz CT molecular complexity index is 1210. The predicted molar refractivity (Wildman–Crippen MR) is 123 cm³/mol. The summed E-state index contributed by atoms with van der Waals surface area (Å²) in [6.07, 6.45) is 0.872. The molecule has 6 nitrogen and oxygen atoms in total. The number of benzene rings is 2. The molecular weight excluding hydrogens is 442 g/mol. The molecule has 1 N–H and O–H groups in total. The number of thiophene rings is 1. The summed E-state index contributed by atoms with van der Waals surface area (Å²) in [4.78, 5) is 14.2. The Morgan fingerprint density at radius 1 is 1.03 bits per heavy atom. The molecule has 0 saturated carbocycles. The molecule has 8 heteroatoms. The molecule has 1 amide bonds. The van der Waals surface area contributed by atoms with Crippen molar-refractivity contribution in [2.75, 3.05) is 13.1 Å². The lowest BCUT2D eigenvalue weighted by Gasteiger charge is -2.31. The summed E-state index contributed by atoms with van der Waals surface area (Å²) in [6.45, 7) is 0.490. The van der Waals surface area contributed by atoms with Crippen LogP contribution in [0.3, 0.4) is 0 Å². The Hall–Kier alpha value is -2.99. The Morgan fingerprint density at radius 2 is 1.72 bits per heavy atom. The average molecular weight is 466 g/mol. The van der Waals surface area contributed by atoms with Gasteiger partial charge in [-0.15, -0.1) is 11.3 Å². The first-order valence-electron chi connectivity index (χ1n) is 10.4. The van der Waals surface area contributed by atoms with Gasteiger partial charge in [-0.2, -0.15) is 9.57 Å². The molecular formula is C24H23N3O3S2. The zero-order chi connectivity index (χ0) is 22.6. The van der Waals surface area contributed by atoms with Gasteiger partial charge in [0, 0.05) is 23.9 Å². The Balaban J connectivity index is 1.45. The topological polar surface area (TPSA) is 90.3 Å². The Morgan fingerprint density at radius 3 is 2.38 bits per heavy atom. The minimum absolute atomic E-state index is 0.0206. The molecule has 0 spiro atoms. The van der Waals surface area contributed by atoms with Crippen LogP contribution >= 0.6 is 11.3 Å². The van der Waals surface area contributed by atoms with Crippen molar-refractivity contribution < 1.29 is 13.2 Å². The van der Waals surface area contributed by atoms with Gasteiger partial charge in [0.2, 0.25) is 15.9 Å². The van der Waals surface area contributed by atoms with Crippen LogP contribution in [0.2, 0.25) is 0 Å². The van der Waals surface area contributed by atoms with E-state index in [4.69, 9.17) is 0 Å². The summed E-state index contributed by atoms with van der Waals surface area (Å²) in [6, 6.07) is 21.7. The first kappa shape index (κ1) is 22.2. The van der Waals surface area contributed by atoms with Gasteiger partial charge in [0.1, 0.15) is 6.07 Å². The first-order chi connectivity index (χ1) is 15.5. The number of carbonyl (C=O) groups excluding carboxylic acids is 1. The molecule has 4 rings (SSSR count). The minimum Gasteiger partial charge on any atom is -0.344 e. The fourth-order valence-corrected chi connectivity index (χ4v) is 6.38. The summed E-state index contributed by atoms with van der Waals surface area (Å²) in [5.74, 6) is -0.333. The van der Waals surface area contributed by atoms with E-state index in [9.17, 15) is 18.5 Å². The molecule has 0 aliphatic carbocycles. The second kappa shape index (κ2) is 9.65. The van der Waals surface area contributed by atoms with Gasteiger partial charge in [-0.05, 0) is 42.0 Å². The van der Waals surface area contributed by atoms with Crippen molar-refractivity contribution in [2.24, 2.45) is 5.92 Å². The van der Waals surface area contributed by atoms with Crippen LogP contribution in [0.5, 0.6) is 0 Å². The van der Waals surface area contributed by atoms with Crippen molar-refractivity contribution in [1.82, 2.24) is 9.62 Å². The number of hydrogen-bond donors (Lipinski definition) is 1. The number of piperidine rings is 1. The van der Waals surface area contributed by atoms with Crippen LogP contribution in [0, 0.1) is 17.2 Å². The molecule has 1 aliphatic rings. The van der Waals surface area contributed by atoms with E-state index >= 15 is 0 Å². The number of sulfonamides is 1. The van der Waals surface area contributed by atoms with Crippen molar-refractivity contribution in [1.29, 1.82) is 5.26 Å². The molecule has 0 unspecified atom stereocenters. The van der Waals surface area contributed by atoms with Crippen LogP contribution in [0.4, 0.5) is 0 Å². The van der Waals surface area contributed by atoms with Crippen LogP contribution in [0.15, 0.2) is 77.0 Å². The summed E-state index contributed by atoms with van der Waals surface area (Å²) in [5.41, 5.74) is 1.14. The number of rotatable bonds is 6. The molecule has 1 aliphatic heterocycles. The highest BCUT2D eigenvalue weighted by Gasteiger charge is 2.34. The zero-order valence-electron chi connectivity index (χ0n) is 17.3. The van der Waals surface area contributed by atoms with E-state index in [2.05, 4.69) is 5.32 Å². The van der Waals surface area contributed by atoms with Crippen LogP contribution in [-0.2, 0) is 14.8 Å². The van der Waals surface area contributed by atoms with Gasteiger partial charge in [-0.1, -0.05) is 48.5 Å².